The van der Waals surface area contributed by atoms with Crippen molar-refractivity contribution in [3.8, 4) is 0 Å². The zero-order valence-corrected chi connectivity index (χ0v) is 12.8. The van der Waals surface area contributed by atoms with Gasteiger partial charge in [0.25, 0.3) is 0 Å². The van der Waals surface area contributed by atoms with Crippen LogP contribution in [0, 0.1) is 0 Å². The minimum Gasteiger partial charge on any atom is -0.373 e. The SMILES string of the molecule is CCCCCCCCC(CC1CO1)N(CC)CC. The van der Waals surface area contributed by atoms with Crippen molar-refractivity contribution in [3.63, 3.8) is 0 Å². The summed E-state index contributed by atoms with van der Waals surface area (Å²) in [5.41, 5.74) is 0. The number of hydrogen-bond acceptors (Lipinski definition) is 2. The van der Waals surface area contributed by atoms with E-state index in [2.05, 4.69) is 25.7 Å². The van der Waals surface area contributed by atoms with E-state index in [1.807, 2.05) is 0 Å². The molecule has 1 heterocycles. The summed E-state index contributed by atoms with van der Waals surface area (Å²) in [4.78, 5) is 2.62. The molecule has 0 aromatic rings. The Morgan fingerprint density at radius 2 is 1.61 bits per heavy atom. The third-order valence-electron chi connectivity index (χ3n) is 4.16. The van der Waals surface area contributed by atoms with Gasteiger partial charge in [0, 0.05) is 6.04 Å². The summed E-state index contributed by atoms with van der Waals surface area (Å²) in [6.07, 6.45) is 11.6. The van der Waals surface area contributed by atoms with Gasteiger partial charge in [0.1, 0.15) is 0 Å². The van der Waals surface area contributed by atoms with E-state index in [9.17, 15) is 0 Å². The zero-order valence-electron chi connectivity index (χ0n) is 12.8. The quantitative estimate of drug-likeness (QED) is 0.383. The molecule has 0 N–H and O–H groups in total. The molecule has 2 nitrogen and oxygen atoms in total. The zero-order chi connectivity index (χ0) is 13.2. The number of rotatable bonds is 12. The van der Waals surface area contributed by atoms with Gasteiger partial charge in [0.2, 0.25) is 0 Å². The van der Waals surface area contributed by atoms with Gasteiger partial charge in [-0.05, 0) is 25.9 Å². The van der Waals surface area contributed by atoms with Crippen LogP contribution >= 0.6 is 0 Å². The van der Waals surface area contributed by atoms with Crippen molar-refractivity contribution in [1.82, 2.24) is 4.90 Å². The van der Waals surface area contributed by atoms with E-state index < -0.39 is 0 Å². The Morgan fingerprint density at radius 3 is 2.17 bits per heavy atom. The molecule has 0 aliphatic carbocycles. The smallest absolute Gasteiger partial charge is 0.0824 e. The lowest BCUT2D eigenvalue weighted by molar-refractivity contribution is 0.179. The second-order valence-corrected chi connectivity index (χ2v) is 5.62. The van der Waals surface area contributed by atoms with Crippen molar-refractivity contribution < 1.29 is 4.74 Å². The molecule has 2 unspecified atom stereocenters. The van der Waals surface area contributed by atoms with E-state index in [0.29, 0.717) is 6.10 Å². The highest BCUT2D eigenvalue weighted by atomic mass is 16.6. The van der Waals surface area contributed by atoms with Crippen LogP contribution in [0.5, 0.6) is 0 Å². The van der Waals surface area contributed by atoms with Crippen LogP contribution < -0.4 is 0 Å². The van der Waals surface area contributed by atoms with Crippen LogP contribution in [0.15, 0.2) is 0 Å². The molecule has 108 valence electrons. The minimum absolute atomic E-state index is 0.579. The van der Waals surface area contributed by atoms with Crippen molar-refractivity contribution in [2.24, 2.45) is 0 Å². The lowest BCUT2D eigenvalue weighted by Gasteiger charge is -2.29. The highest BCUT2D eigenvalue weighted by molar-refractivity contribution is 4.80. The number of epoxide rings is 1. The fourth-order valence-electron chi connectivity index (χ4n) is 2.86. The molecule has 1 fully saturated rings. The first-order valence-corrected chi connectivity index (χ1v) is 8.17. The van der Waals surface area contributed by atoms with Gasteiger partial charge in [-0.25, -0.2) is 0 Å². The van der Waals surface area contributed by atoms with Gasteiger partial charge >= 0.3 is 0 Å². The summed E-state index contributed by atoms with van der Waals surface area (Å²) in [7, 11) is 0. The van der Waals surface area contributed by atoms with Crippen molar-refractivity contribution in [3.05, 3.63) is 0 Å². The molecule has 0 spiro atoms. The van der Waals surface area contributed by atoms with Gasteiger partial charge in [0.05, 0.1) is 12.7 Å². The Kier molecular flexibility index (Phi) is 8.70. The van der Waals surface area contributed by atoms with Crippen LogP contribution in [0.2, 0.25) is 0 Å². The van der Waals surface area contributed by atoms with Crippen molar-refractivity contribution in [1.29, 1.82) is 0 Å². The summed E-state index contributed by atoms with van der Waals surface area (Å²) in [6, 6.07) is 0.763. The maximum absolute atomic E-state index is 5.41. The molecule has 0 radical (unpaired) electrons. The molecular weight excluding hydrogens is 222 g/mol. The molecule has 2 heteroatoms. The predicted molar refractivity (Wildman–Crippen MR) is 79.1 cm³/mol. The van der Waals surface area contributed by atoms with Crippen LogP contribution in [0.1, 0.15) is 72.1 Å². The molecule has 1 aliphatic heterocycles. The summed E-state index contributed by atoms with van der Waals surface area (Å²) >= 11 is 0. The topological polar surface area (TPSA) is 15.8 Å². The highest BCUT2D eigenvalue weighted by Gasteiger charge is 2.28. The molecule has 0 aromatic carbocycles. The largest absolute Gasteiger partial charge is 0.373 e. The van der Waals surface area contributed by atoms with Crippen LogP contribution in [0.4, 0.5) is 0 Å². The fourth-order valence-corrected chi connectivity index (χ4v) is 2.86. The molecule has 0 amide bonds. The standard InChI is InChI=1S/C16H33NO/c1-4-7-8-9-10-11-12-15(13-16-14-18-16)17(5-2)6-3/h15-16H,4-14H2,1-3H3. The molecule has 1 aliphatic rings. The molecule has 1 rings (SSSR count). The van der Waals surface area contributed by atoms with Crippen LogP contribution in [0.25, 0.3) is 0 Å². The highest BCUT2D eigenvalue weighted by Crippen LogP contribution is 2.23. The molecule has 2 atom stereocenters. The molecule has 18 heavy (non-hydrogen) atoms. The Hall–Kier alpha value is -0.0800. The molecule has 0 bridgehead atoms. The fraction of sp³-hybridized carbons (Fsp3) is 1.00. The number of unbranched alkanes of at least 4 members (excludes halogenated alkanes) is 5. The Bertz CT molecular complexity index is 188. The van der Waals surface area contributed by atoms with E-state index in [1.165, 1.54) is 64.5 Å². The van der Waals surface area contributed by atoms with Crippen molar-refractivity contribution >= 4 is 0 Å². The van der Waals surface area contributed by atoms with E-state index in [4.69, 9.17) is 4.74 Å². The van der Waals surface area contributed by atoms with Crippen LogP contribution in [-0.2, 0) is 4.74 Å². The van der Waals surface area contributed by atoms with E-state index in [1.54, 1.807) is 0 Å². The lowest BCUT2D eigenvalue weighted by atomic mass is 10.0. The average molecular weight is 255 g/mol. The number of nitrogens with zero attached hydrogens (tertiary/aromatic N) is 1. The number of ether oxygens (including phenoxy) is 1. The maximum Gasteiger partial charge on any atom is 0.0824 e. The molecular formula is C16H33NO. The van der Waals surface area contributed by atoms with Crippen LogP contribution in [-0.4, -0.2) is 36.7 Å². The van der Waals surface area contributed by atoms with Crippen molar-refractivity contribution in [2.75, 3.05) is 19.7 Å². The van der Waals surface area contributed by atoms with Gasteiger partial charge in [0.15, 0.2) is 0 Å². The normalized spacial score (nSPS) is 20.3. The van der Waals surface area contributed by atoms with Gasteiger partial charge in [-0.2, -0.15) is 0 Å². The minimum atomic E-state index is 0.579. The van der Waals surface area contributed by atoms with Crippen molar-refractivity contribution in [2.45, 2.75) is 84.3 Å². The molecule has 0 aromatic heterocycles. The van der Waals surface area contributed by atoms with Gasteiger partial charge in [-0.15, -0.1) is 0 Å². The Balaban J connectivity index is 2.14. The summed E-state index contributed by atoms with van der Waals surface area (Å²) in [5.74, 6) is 0. The summed E-state index contributed by atoms with van der Waals surface area (Å²) in [5, 5.41) is 0. The van der Waals surface area contributed by atoms with Gasteiger partial charge in [-0.1, -0.05) is 59.3 Å². The predicted octanol–water partition coefficient (Wildman–Crippen LogP) is 4.24. The monoisotopic (exact) mass is 255 g/mol. The Labute approximate surface area is 114 Å². The van der Waals surface area contributed by atoms with Gasteiger partial charge < -0.3 is 9.64 Å². The second kappa shape index (κ2) is 9.80. The Morgan fingerprint density at radius 1 is 1.00 bits per heavy atom. The molecule has 1 saturated heterocycles. The first kappa shape index (κ1) is 16.0. The second-order valence-electron chi connectivity index (χ2n) is 5.62. The lowest BCUT2D eigenvalue weighted by Crippen LogP contribution is -2.36. The van der Waals surface area contributed by atoms with Gasteiger partial charge in [-0.3, -0.25) is 0 Å². The van der Waals surface area contributed by atoms with E-state index in [-0.39, 0.29) is 0 Å². The third kappa shape index (κ3) is 6.75. The molecule has 0 saturated carbocycles. The number of hydrogen-bond donors (Lipinski definition) is 0. The van der Waals surface area contributed by atoms with E-state index >= 15 is 0 Å². The maximum atomic E-state index is 5.41. The first-order valence-electron chi connectivity index (χ1n) is 8.17. The third-order valence-corrected chi connectivity index (χ3v) is 4.16. The summed E-state index contributed by atoms with van der Waals surface area (Å²) < 4.78 is 5.41. The summed E-state index contributed by atoms with van der Waals surface area (Å²) in [6.45, 7) is 10.2. The van der Waals surface area contributed by atoms with Crippen LogP contribution in [0.3, 0.4) is 0 Å². The average Bonchev–Trinajstić information content (AvgIpc) is 3.18. The van der Waals surface area contributed by atoms with E-state index in [0.717, 1.165) is 12.6 Å². The first-order chi connectivity index (χ1) is 8.81.